The van der Waals surface area contributed by atoms with Crippen molar-refractivity contribution in [2.75, 3.05) is 7.05 Å². The number of hydrogen-bond donors (Lipinski definition) is 2. The topological polar surface area (TPSA) is 32.3 Å². The number of benzene rings is 1. The van der Waals surface area contributed by atoms with Gasteiger partial charge >= 0.3 is 0 Å². The van der Waals surface area contributed by atoms with Gasteiger partial charge in [0, 0.05) is 0 Å². The number of nitrogens with one attached hydrogen (secondary N) is 1. The zero-order valence-electron chi connectivity index (χ0n) is 8.75. The normalized spacial score (nSPS) is 12.4. The van der Waals surface area contributed by atoms with Gasteiger partial charge in [-0.2, -0.15) is 0 Å². The smallest absolute Gasteiger partial charge is 0.102 e. The lowest BCUT2D eigenvalue weighted by Gasteiger charge is -2.14. The second-order valence-electron chi connectivity index (χ2n) is 3.52. The van der Waals surface area contributed by atoms with Crippen molar-refractivity contribution in [1.29, 1.82) is 0 Å². The Morgan fingerprint density at radius 1 is 1.43 bits per heavy atom. The first-order valence-electron chi connectivity index (χ1n) is 4.74. The fourth-order valence-electron chi connectivity index (χ4n) is 1.35. The molecule has 2 nitrogen and oxygen atoms in total. The second kappa shape index (κ2) is 4.82. The summed E-state index contributed by atoms with van der Waals surface area (Å²) in [6, 6.07) is 8.23. The van der Waals surface area contributed by atoms with E-state index in [9.17, 15) is 5.11 Å². The fourth-order valence-corrected chi connectivity index (χ4v) is 1.35. The molecule has 0 saturated heterocycles. The molecule has 1 aromatic rings. The van der Waals surface area contributed by atoms with E-state index >= 15 is 0 Å². The van der Waals surface area contributed by atoms with Gasteiger partial charge in [0.15, 0.2) is 0 Å². The minimum Gasteiger partial charge on any atom is -0.511 e. The van der Waals surface area contributed by atoms with E-state index in [1.165, 1.54) is 11.1 Å². The molecule has 0 heterocycles. The molecule has 2 heteroatoms. The van der Waals surface area contributed by atoms with Crippen LogP contribution < -0.4 is 5.32 Å². The van der Waals surface area contributed by atoms with Gasteiger partial charge in [0.05, 0.1) is 6.04 Å². The summed E-state index contributed by atoms with van der Waals surface area (Å²) in [7, 11) is 1.82. The van der Waals surface area contributed by atoms with E-state index in [1.807, 2.05) is 7.05 Å². The van der Waals surface area contributed by atoms with Crippen LogP contribution in [0.5, 0.6) is 0 Å². The van der Waals surface area contributed by atoms with Gasteiger partial charge in [0.1, 0.15) is 5.76 Å². The molecular weight excluding hydrogens is 174 g/mol. The SMILES string of the molecule is C=C(O)[C@H](Cc1ccc(C)cc1)NC. The van der Waals surface area contributed by atoms with Crippen molar-refractivity contribution in [3.63, 3.8) is 0 Å². The standard InChI is InChI=1S/C12H17NO/c1-9-4-6-11(7-5-9)8-12(13-3)10(2)14/h4-7,12-14H,2,8H2,1,3H3/t12-/m0/s1. The Labute approximate surface area is 85.3 Å². The van der Waals surface area contributed by atoms with Crippen LogP contribution in [0.15, 0.2) is 36.6 Å². The quantitative estimate of drug-likeness (QED) is 0.715. The summed E-state index contributed by atoms with van der Waals surface area (Å²) < 4.78 is 0. The average Bonchev–Trinajstić information content (AvgIpc) is 2.16. The van der Waals surface area contributed by atoms with Gasteiger partial charge in [-0.25, -0.2) is 0 Å². The summed E-state index contributed by atoms with van der Waals surface area (Å²) >= 11 is 0. The molecule has 0 aliphatic carbocycles. The molecule has 0 amide bonds. The molecule has 0 bridgehead atoms. The molecule has 1 atom stereocenters. The van der Waals surface area contributed by atoms with E-state index in [4.69, 9.17) is 0 Å². The zero-order valence-corrected chi connectivity index (χ0v) is 8.75. The first-order valence-corrected chi connectivity index (χ1v) is 4.74. The summed E-state index contributed by atoms with van der Waals surface area (Å²) in [5.41, 5.74) is 2.45. The summed E-state index contributed by atoms with van der Waals surface area (Å²) in [4.78, 5) is 0. The molecule has 2 N–H and O–H groups in total. The molecule has 0 radical (unpaired) electrons. The lowest BCUT2D eigenvalue weighted by atomic mass is 10.0. The molecule has 1 aromatic carbocycles. The van der Waals surface area contributed by atoms with Crippen molar-refractivity contribution >= 4 is 0 Å². The Bertz CT molecular complexity index is 303. The Morgan fingerprint density at radius 3 is 2.43 bits per heavy atom. The number of aliphatic hydroxyl groups is 1. The minimum atomic E-state index is -0.0577. The van der Waals surface area contributed by atoms with E-state index in [1.54, 1.807) is 0 Å². The summed E-state index contributed by atoms with van der Waals surface area (Å²) in [6.45, 7) is 5.59. The Kier molecular flexibility index (Phi) is 3.72. The maximum atomic E-state index is 9.27. The van der Waals surface area contributed by atoms with Gasteiger partial charge in [0.25, 0.3) is 0 Å². The molecule has 0 aliphatic rings. The van der Waals surface area contributed by atoms with E-state index in [-0.39, 0.29) is 11.8 Å². The van der Waals surface area contributed by atoms with Crippen molar-refractivity contribution in [2.45, 2.75) is 19.4 Å². The monoisotopic (exact) mass is 191 g/mol. The highest BCUT2D eigenvalue weighted by Crippen LogP contribution is 2.08. The maximum Gasteiger partial charge on any atom is 0.102 e. The zero-order chi connectivity index (χ0) is 10.6. The first kappa shape index (κ1) is 10.8. The van der Waals surface area contributed by atoms with Crippen molar-refractivity contribution in [3.05, 3.63) is 47.7 Å². The average molecular weight is 191 g/mol. The third-order valence-corrected chi connectivity index (χ3v) is 2.31. The maximum absolute atomic E-state index is 9.27. The first-order chi connectivity index (χ1) is 6.63. The molecule has 0 spiro atoms. The largest absolute Gasteiger partial charge is 0.511 e. The van der Waals surface area contributed by atoms with Crippen LogP contribution in [0.1, 0.15) is 11.1 Å². The Morgan fingerprint density at radius 2 is 2.00 bits per heavy atom. The predicted octanol–water partition coefficient (Wildman–Crippen LogP) is 2.20. The van der Waals surface area contributed by atoms with Crippen molar-refractivity contribution in [3.8, 4) is 0 Å². The third kappa shape index (κ3) is 2.89. The van der Waals surface area contributed by atoms with Crippen molar-refractivity contribution in [2.24, 2.45) is 0 Å². The van der Waals surface area contributed by atoms with Crippen molar-refractivity contribution in [1.82, 2.24) is 5.32 Å². The van der Waals surface area contributed by atoms with E-state index in [2.05, 4.69) is 43.1 Å². The van der Waals surface area contributed by atoms with Gasteiger partial charge in [0.2, 0.25) is 0 Å². The highest BCUT2D eigenvalue weighted by atomic mass is 16.3. The van der Waals surface area contributed by atoms with E-state index in [0.717, 1.165) is 6.42 Å². The molecule has 0 fully saturated rings. The lowest BCUT2D eigenvalue weighted by Crippen LogP contribution is -2.29. The van der Waals surface area contributed by atoms with E-state index < -0.39 is 0 Å². The number of hydrogen-bond acceptors (Lipinski definition) is 2. The van der Waals surface area contributed by atoms with E-state index in [0.29, 0.717) is 0 Å². The van der Waals surface area contributed by atoms with Gasteiger partial charge < -0.3 is 10.4 Å². The highest BCUT2D eigenvalue weighted by molar-refractivity contribution is 5.23. The third-order valence-electron chi connectivity index (χ3n) is 2.31. The van der Waals surface area contributed by atoms with Gasteiger partial charge in [-0.15, -0.1) is 0 Å². The van der Waals surface area contributed by atoms with Gasteiger partial charge in [-0.3, -0.25) is 0 Å². The molecule has 0 aromatic heterocycles. The molecule has 14 heavy (non-hydrogen) atoms. The highest BCUT2D eigenvalue weighted by Gasteiger charge is 2.09. The van der Waals surface area contributed by atoms with Gasteiger partial charge in [-0.05, 0) is 26.0 Å². The fraction of sp³-hybridized carbons (Fsp3) is 0.333. The molecule has 1 rings (SSSR count). The van der Waals surface area contributed by atoms with Crippen molar-refractivity contribution < 1.29 is 5.11 Å². The number of aryl methyl sites for hydroxylation is 1. The molecule has 0 unspecified atom stereocenters. The molecule has 76 valence electrons. The second-order valence-corrected chi connectivity index (χ2v) is 3.52. The molecule has 0 saturated carbocycles. The molecule has 0 aliphatic heterocycles. The predicted molar refractivity (Wildman–Crippen MR) is 59.5 cm³/mol. The summed E-state index contributed by atoms with van der Waals surface area (Å²) in [5.74, 6) is 0.188. The lowest BCUT2D eigenvalue weighted by molar-refractivity contribution is 0.349. The van der Waals surface area contributed by atoms with Crippen LogP contribution >= 0.6 is 0 Å². The Balaban J connectivity index is 2.67. The van der Waals surface area contributed by atoms with Crippen LogP contribution in [0.2, 0.25) is 0 Å². The van der Waals surface area contributed by atoms with Gasteiger partial charge in [-0.1, -0.05) is 36.4 Å². The summed E-state index contributed by atoms with van der Waals surface area (Å²) in [6.07, 6.45) is 0.770. The van der Waals surface area contributed by atoms with Crippen LogP contribution in [0.25, 0.3) is 0 Å². The van der Waals surface area contributed by atoms with Crippen LogP contribution in [0.4, 0.5) is 0 Å². The summed E-state index contributed by atoms with van der Waals surface area (Å²) in [5, 5.41) is 12.3. The minimum absolute atomic E-state index is 0.0577. The number of likely N-dealkylation sites (N-methyl/N-ethyl adjacent to an activating group) is 1. The van der Waals surface area contributed by atoms with Crippen LogP contribution in [-0.2, 0) is 6.42 Å². The van der Waals surface area contributed by atoms with Crippen LogP contribution in [0, 0.1) is 6.92 Å². The van der Waals surface area contributed by atoms with Crippen LogP contribution in [0.3, 0.4) is 0 Å². The van der Waals surface area contributed by atoms with Crippen LogP contribution in [-0.4, -0.2) is 18.2 Å². The number of aliphatic hydroxyl groups excluding tert-OH is 1. The number of rotatable bonds is 4. The molecular formula is C12H17NO. The Hall–Kier alpha value is -1.28.